The van der Waals surface area contributed by atoms with Gasteiger partial charge in [-0.1, -0.05) is 18.2 Å². The molecule has 1 atom stereocenters. The lowest BCUT2D eigenvalue weighted by atomic mass is 10.2. The van der Waals surface area contributed by atoms with E-state index >= 15 is 0 Å². The highest BCUT2D eigenvalue weighted by Crippen LogP contribution is 2.18. The first-order chi connectivity index (χ1) is 12.5. The molecule has 1 heterocycles. The fourth-order valence-corrected chi connectivity index (χ4v) is 3.24. The van der Waals surface area contributed by atoms with Crippen LogP contribution in [0.25, 0.3) is 0 Å². The summed E-state index contributed by atoms with van der Waals surface area (Å²) in [4.78, 5) is 28.3. The van der Waals surface area contributed by atoms with Crippen LogP contribution in [0.4, 0.5) is 9.18 Å². The van der Waals surface area contributed by atoms with E-state index in [4.69, 9.17) is 0 Å². The molecular weight excluding hydrogens is 335 g/mol. The molecule has 1 aliphatic carbocycles. The van der Waals surface area contributed by atoms with E-state index in [1.54, 1.807) is 6.07 Å². The summed E-state index contributed by atoms with van der Waals surface area (Å²) in [5, 5.41) is 5.19. The highest BCUT2D eigenvalue weighted by Gasteiger charge is 2.28. The van der Waals surface area contributed by atoms with Crippen LogP contribution in [-0.2, 0) is 11.3 Å². The molecule has 26 heavy (non-hydrogen) atoms. The van der Waals surface area contributed by atoms with Crippen molar-refractivity contribution in [3.63, 3.8) is 0 Å². The van der Waals surface area contributed by atoms with Crippen LogP contribution in [0.1, 0.15) is 31.7 Å². The molecule has 7 heteroatoms. The van der Waals surface area contributed by atoms with Crippen LogP contribution in [0.3, 0.4) is 0 Å². The monoisotopic (exact) mass is 362 g/mol. The van der Waals surface area contributed by atoms with Crippen LogP contribution in [0.2, 0.25) is 0 Å². The zero-order valence-corrected chi connectivity index (χ0v) is 15.2. The van der Waals surface area contributed by atoms with E-state index in [-0.39, 0.29) is 23.8 Å². The Morgan fingerprint density at radius 1 is 1.19 bits per heavy atom. The first kappa shape index (κ1) is 18.8. The molecular formula is C19H27FN4O2. The molecule has 3 rings (SSSR count). The molecule has 6 nitrogen and oxygen atoms in total. The van der Waals surface area contributed by atoms with Crippen molar-refractivity contribution in [3.8, 4) is 0 Å². The van der Waals surface area contributed by atoms with Crippen molar-refractivity contribution >= 4 is 11.9 Å². The van der Waals surface area contributed by atoms with E-state index in [0.717, 1.165) is 38.9 Å². The Morgan fingerprint density at radius 2 is 1.96 bits per heavy atom. The summed E-state index contributed by atoms with van der Waals surface area (Å²) in [7, 11) is 0. The molecule has 1 aromatic carbocycles. The van der Waals surface area contributed by atoms with Gasteiger partial charge in [-0.2, -0.15) is 0 Å². The molecule has 2 fully saturated rings. The van der Waals surface area contributed by atoms with Gasteiger partial charge in [-0.05, 0) is 38.8 Å². The number of hydrogen-bond donors (Lipinski definition) is 2. The van der Waals surface area contributed by atoms with E-state index in [1.165, 1.54) is 6.07 Å². The predicted octanol–water partition coefficient (Wildman–Crippen LogP) is 1.71. The van der Waals surface area contributed by atoms with Gasteiger partial charge in [-0.15, -0.1) is 0 Å². The largest absolute Gasteiger partial charge is 0.335 e. The van der Waals surface area contributed by atoms with E-state index in [0.29, 0.717) is 18.7 Å². The minimum Gasteiger partial charge on any atom is -0.335 e. The molecule has 0 bridgehead atoms. The number of halogens is 1. The third kappa shape index (κ3) is 5.25. The van der Waals surface area contributed by atoms with Crippen LogP contribution >= 0.6 is 0 Å². The lowest BCUT2D eigenvalue weighted by Gasteiger charge is -2.26. The van der Waals surface area contributed by atoms with Gasteiger partial charge in [0.2, 0.25) is 5.91 Å². The van der Waals surface area contributed by atoms with Crippen molar-refractivity contribution in [3.05, 3.63) is 35.6 Å². The van der Waals surface area contributed by atoms with Crippen molar-refractivity contribution in [2.75, 3.05) is 26.2 Å². The average molecular weight is 362 g/mol. The Kier molecular flexibility index (Phi) is 6.21. The van der Waals surface area contributed by atoms with Crippen molar-refractivity contribution in [2.45, 2.75) is 44.8 Å². The lowest BCUT2D eigenvalue weighted by molar-refractivity contribution is -0.124. The smallest absolute Gasteiger partial charge is 0.321 e. The summed E-state index contributed by atoms with van der Waals surface area (Å²) < 4.78 is 13.8. The van der Waals surface area contributed by atoms with Gasteiger partial charge in [0.05, 0.1) is 6.04 Å². The molecule has 0 spiro atoms. The second-order valence-corrected chi connectivity index (χ2v) is 7.17. The lowest BCUT2D eigenvalue weighted by Crippen LogP contribution is -2.50. The molecule has 0 radical (unpaired) electrons. The summed E-state index contributed by atoms with van der Waals surface area (Å²) in [5.74, 6) is -0.450. The second-order valence-electron chi connectivity index (χ2n) is 7.17. The van der Waals surface area contributed by atoms with Crippen LogP contribution in [0, 0.1) is 5.82 Å². The molecule has 1 aliphatic heterocycles. The van der Waals surface area contributed by atoms with Gasteiger partial charge in [0.1, 0.15) is 5.82 Å². The van der Waals surface area contributed by atoms with Gasteiger partial charge < -0.3 is 5.32 Å². The van der Waals surface area contributed by atoms with Gasteiger partial charge >= 0.3 is 6.03 Å². The minimum absolute atomic E-state index is 0.178. The number of hydrogen-bond acceptors (Lipinski definition) is 4. The number of nitrogens with one attached hydrogen (secondary N) is 2. The summed E-state index contributed by atoms with van der Waals surface area (Å²) in [5.41, 5.74) is 0.698. The molecule has 1 aromatic rings. The van der Waals surface area contributed by atoms with Gasteiger partial charge in [0.25, 0.3) is 0 Å². The molecule has 2 aliphatic rings. The molecule has 2 N–H and O–H groups in total. The summed E-state index contributed by atoms with van der Waals surface area (Å²) >= 11 is 0. The fraction of sp³-hybridized carbons (Fsp3) is 0.579. The molecule has 1 saturated carbocycles. The molecule has 1 unspecified atom stereocenters. The van der Waals surface area contributed by atoms with Gasteiger partial charge in [0.15, 0.2) is 0 Å². The molecule has 3 amide bonds. The minimum atomic E-state index is -0.402. The SMILES string of the molecule is CC(C(=O)NC(=O)NC1CC1)N1CCCN(Cc2ccccc2F)CC1. The highest BCUT2D eigenvalue weighted by atomic mass is 19.1. The molecule has 1 saturated heterocycles. The van der Waals surface area contributed by atoms with Gasteiger partial charge in [0, 0.05) is 37.8 Å². The zero-order chi connectivity index (χ0) is 18.5. The summed E-state index contributed by atoms with van der Waals surface area (Å²) in [6, 6.07) is 6.30. The number of nitrogens with zero attached hydrogens (tertiary/aromatic N) is 2. The van der Waals surface area contributed by atoms with E-state index in [9.17, 15) is 14.0 Å². The Balaban J connectivity index is 1.48. The van der Waals surface area contributed by atoms with Crippen molar-refractivity contribution < 1.29 is 14.0 Å². The van der Waals surface area contributed by atoms with Crippen LogP contribution in [-0.4, -0.2) is 60.0 Å². The molecule has 0 aromatic heterocycles. The van der Waals surface area contributed by atoms with Crippen molar-refractivity contribution in [1.29, 1.82) is 0 Å². The summed E-state index contributed by atoms with van der Waals surface area (Å²) in [6.45, 7) is 5.53. The quantitative estimate of drug-likeness (QED) is 0.837. The Labute approximate surface area is 153 Å². The van der Waals surface area contributed by atoms with E-state index < -0.39 is 6.03 Å². The normalized spacial score (nSPS) is 20.2. The standard InChI is InChI=1S/C19H27FN4O2/c1-14(18(25)22-19(26)21-16-7-8-16)24-10-4-9-23(11-12-24)13-15-5-2-3-6-17(15)20/h2-3,5-6,14,16H,4,7-13H2,1H3,(H2,21,22,25,26). The maximum absolute atomic E-state index is 13.8. The fourth-order valence-electron chi connectivity index (χ4n) is 3.24. The number of carbonyl (C=O) groups excluding carboxylic acids is 2. The number of rotatable bonds is 5. The Bertz CT molecular complexity index is 650. The highest BCUT2D eigenvalue weighted by molar-refractivity contribution is 5.96. The van der Waals surface area contributed by atoms with Crippen LogP contribution in [0.15, 0.2) is 24.3 Å². The first-order valence-electron chi connectivity index (χ1n) is 9.34. The predicted molar refractivity (Wildman–Crippen MR) is 97.0 cm³/mol. The van der Waals surface area contributed by atoms with Crippen LogP contribution < -0.4 is 10.6 Å². The maximum atomic E-state index is 13.8. The maximum Gasteiger partial charge on any atom is 0.321 e. The van der Waals surface area contributed by atoms with Crippen molar-refractivity contribution in [2.24, 2.45) is 0 Å². The third-order valence-electron chi connectivity index (χ3n) is 5.05. The number of carbonyl (C=O) groups is 2. The third-order valence-corrected chi connectivity index (χ3v) is 5.05. The van der Waals surface area contributed by atoms with Crippen LogP contribution in [0.5, 0.6) is 0 Å². The van der Waals surface area contributed by atoms with E-state index in [1.807, 2.05) is 19.1 Å². The Hall–Kier alpha value is -1.99. The summed E-state index contributed by atoms with van der Waals surface area (Å²) in [6.07, 6.45) is 2.88. The average Bonchev–Trinajstić information content (AvgIpc) is 3.43. The number of imide groups is 1. The second kappa shape index (κ2) is 8.60. The number of urea groups is 1. The number of benzene rings is 1. The Morgan fingerprint density at radius 3 is 2.69 bits per heavy atom. The van der Waals surface area contributed by atoms with E-state index in [2.05, 4.69) is 20.4 Å². The van der Waals surface area contributed by atoms with Gasteiger partial charge in [-0.3, -0.25) is 19.9 Å². The van der Waals surface area contributed by atoms with Gasteiger partial charge in [-0.25, -0.2) is 9.18 Å². The van der Waals surface area contributed by atoms with Crippen molar-refractivity contribution in [1.82, 2.24) is 20.4 Å². The number of amides is 3. The first-order valence-corrected chi connectivity index (χ1v) is 9.34. The molecule has 142 valence electrons. The zero-order valence-electron chi connectivity index (χ0n) is 15.2. The topological polar surface area (TPSA) is 64.7 Å².